The molecule has 6 nitrogen and oxygen atoms in total. The van der Waals surface area contributed by atoms with Gasteiger partial charge in [-0.05, 0) is 42.2 Å². The average molecular weight is 365 g/mol. The van der Waals surface area contributed by atoms with E-state index in [9.17, 15) is 9.59 Å². The second-order valence-electron chi connectivity index (χ2n) is 7.11. The van der Waals surface area contributed by atoms with E-state index in [0.29, 0.717) is 19.6 Å². The fraction of sp³-hybridized carbons (Fsp3) is 0.381. The minimum absolute atomic E-state index is 0.00623. The number of nitrogens with zero attached hydrogens (tertiary/aromatic N) is 2. The average Bonchev–Trinajstić information content (AvgIpc) is 3.07. The third kappa shape index (κ3) is 4.10. The SMILES string of the molecule is O=C(NCc1ccc2c(c1)CCCO2)[C@H]1CC(=O)N(Cc2ccccn2)C1. The van der Waals surface area contributed by atoms with Crippen LogP contribution in [-0.4, -0.2) is 34.8 Å². The van der Waals surface area contributed by atoms with Crippen LogP contribution in [0.4, 0.5) is 0 Å². The number of amides is 2. The maximum absolute atomic E-state index is 12.5. The standard InChI is InChI=1S/C21H23N3O3/c25-20-11-17(13-24(20)14-18-5-1-2-8-22-18)21(26)23-12-15-6-7-19-16(10-15)4-3-9-27-19/h1-2,5-8,10,17H,3-4,9,11-14H2,(H,23,26)/t17-/m0/s1. The van der Waals surface area contributed by atoms with E-state index in [2.05, 4.69) is 16.4 Å². The lowest BCUT2D eigenvalue weighted by Crippen LogP contribution is -2.32. The topological polar surface area (TPSA) is 71.5 Å². The van der Waals surface area contributed by atoms with Crippen LogP contribution >= 0.6 is 0 Å². The number of likely N-dealkylation sites (tertiary alicyclic amines) is 1. The Hall–Kier alpha value is -2.89. The lowest BCUT2D eigenvalue weighted by Gasteiger charge is -2.18. The van der Waals surface area contributed by atoms with Crippen molar-refractivity contribution in [1.82, 2.24) is 15.2 Å². The van der Waals surface area contributed by atoms with Gasteiger partial charge in [-0.1, -0.05) is 18.2 Å². The predicted octanol–water partition coefficient (Wildman–Crippen LogP) is 2.07. The Balaban J connectivity index is 1.32. The number of fused-ring (bicyclic) bond motifs is 1. The van der Waals surface area contributed by atoms with E-state index in [4.69, 9.17) is 4.74 Å². The van der Waals surface area contributed by atoms with Crippen molar-refractivity contribution in [2.24, 2.45) is 5.92 Å². The molecule has 4 rings (SSSR count). The number of ether oxygens (including phenoxy) is 1. The number of hydrogen-bond acceptors (Lipinski definition) is 4. The Morgan fingerprint density at radius 3 is 3.07 bits per heavy atom. The molecule has 3 heterocycles. The van der Waals surface area contributed by atoms with Gasteiger partial charge in [0.1, 0.15) is 5.75 Å². The first-order valence-corrected chi connectivity index (χ1v) is 9.39. The zero-order valence-electron chi connectivity index (χ0n) is 15.2. The number of rotatable bonds is 5. The Morgan fingerprint density at radius 1 is 1.30 bits per heavy atom. The highest BCUT2D eigenvalue weighted by Gasteiger charge is 2.34. The summed E-state index contributed by atoms with van der Waals surface area (Å²) in [5, 5.41) is 2.98. The molecule has 0 unspecified atom stereocenters. The Labute approximate surface area is 158 Å². The second kappa shape index (κ2) is 7.78. The van der Waals surface area contributed by atoms with Gasteiger partial charge in [0.05, 0.1) is 24.8 Å². The van der Waals surface area contributed by atoms with Crippen LogP contribution in [0.3, 0.4) is 0 Å². The number of hydrogen-bond donors (Lipinski definition) is 1. The monoisotopic (exact) mass is 365 g/mol. The van der Waals surface area contributed by atoms with Crippen LogP contribution < -0.4 is 10.1 Å². The summed E-state index contributed by atoms with van der Waals surface area (Å²) < 4.78 is 5.62. The Morgan fingerprint density at radius 2 is 2.22 bits per heavy atom. The van der Waals surface area contributed by atoms with Crippen LogP contribution in [-0.2, 0) is 29.1 Å². The molecule has 2 amide bonds. The molecule has 1 aromatic heterocycles. The summed E-state index contributed by atoms with van der Waals surface area (Å²) in [5.41, 5.74) is 3.09. The lowest BCUT2D eigenvalue weighted by atomic mass is 10.0. The second-order valence-corrected chi connectivity index (χ2v) is 7.11. The minimum Gasteiger partial charge on any atom is -0.493 e. The summed E-state index contributed by atoms with van der Waals surface area (Å²) in [4.78, 5) is 30.7. The van der Waals surface area contributed by atoms with Crippen LogP contribution in [0, 0.1) is 5.92 Å². The van der Waals surface area contributed by atoms with Crippen molar-refractivity contribution in [1.29, 1.82) is 0 Å². The molecule has 0 spiro atoms. The number of carbonyl (C=O) groups is 2. The van der Waals surface area contributed by atoms with Gasteiger partial charge < -0.3 is 15.0 Å². The molecule has 2 aliphatic rings. The molecular formula is C21H23N3O3. The molecule has 0 aliphatic carbocycles. The van der Waals surface area contributed by atoms with Crippen molar-refractivity contribution in [3.8, 4) is 5.75 Å². The molecule has 1 saturated heterocycles. The van der Waals surface area contributed by atoms with Gasteiger partial charge in [0.15, 0.2) is 0 Å². The third-order valence-electron chi connectivity index (χ3n) is 5.10. The molecular weight excluding hydrogens is 342 g/mol. The van der Waals surface area contributed by atoms with E-state index >= 15 is 0 Å². The molecule has 1 aromatic carbocycles. The third-order valence-corrected chi connectivity index (χ3v) is 5.10. The summed E-state index contributed by atoms with van der Waals surface area (Å²) in [6.07, 6.45) is 4.01. The minimum atomic E-state index is -0.304. The van der Waals surface area contributed by atoms with E-state index in [-0.39, 0.29) is 24.2 Å². The zero-order chi connectivity index (χ0) is 18.6. The highest BCUT2D eigenvalue weighted by Crippen LogP contribution is 2.25. The molecule has 1 fully saturated rings. The van der Waals surface area contributed by atoms with Gasteiger partial charge in [-0.3, -0.25) is 14.6 Å². The van der Waals surface area contributed by atoms with E-state index < -0.39 is 0 Å². The molecule has 0 radical (unpaired) electrons. The van der Waals surface area contributed by atoms with Crippen LogP contribution in [0.5, 0.6) is 5.75 Å². The van der Waals surface area contributed by atoms with Crippen LogP contribution in [0.1, 0.15) is 29.7 Å². The lowest BCUT2D eigenvalue weighted by molar-refractivity contribution is -0.129. The maximum atomic E-state index is 12.5. The summed E-state index contributed by atoms with van der Waals surface area (Å²) in [7, 11) is 0. The number of benzene rings is 1. The van der Waals surface area contributed by atoms with Gasteiger partial charge in [-0.2, -0.15) is 0 Å². The van der Waals surface area contributed by atoms with Crippen molar-refractivity contribution < 1.29 is 14.3 Å². The van der Waals surface area contributed by atoms with Gasteiger partial charge in [0.2, 0.25) is 11.8 Å². The molecule has 2 aliphatic heterocycles. The van der Waals surface area contributed by atoms with Crippen molar-refractivity contribution >= 4 is 11.8 Å². The molecule has 1 atom stereocenters. The van der Waals surface area contributed by atoms with Crippen molar-refractivity contribution in [3.63, 3.8) is 0 Å². The van der Waals surface area contributed by atoms with Gasteiger partial charge >= 0.3 is 0 Å². The highest BCUT2D eigenvalue weighted by molar-refractivity contribution is 5.89. The van der Waals surface area contributed by atoms with Crippen molar-refractivity contribution in [3.05, 3.63) is 59.4 Å². The largest absolute Gasteiger partial charge is 0.493 e. The number of nitrogens with one attached hydrogen (secondary N) is 1. The van der Waals surface area contributed by atoms with Crippen LogP contribution in [0.15, 0.2) is 42.6 Å². The van der Waals surface area contributed by atoms with Crippen LogP contribution in [0.25, 0.3) is 0 Å². The van der Waals surface area contributed by atoms with Gasteiger partial charge in [-0.15, -0.1) is 0 Å². The molecule has 140 valence electrons. The number of aryl methyl sites for hydroxylation is 1. The fourth-order valence-corrected chi connectivity index (χ4v) is 3.65. The first-order valence-electron chi connectivity index (χ1n) is 9.39. The molecule has 27 heavy (non-hydrogen) atoms. The molecule has 6 heteroatoms. The Bertz CT molecular complexity index is 838. The van der Waals surface area contributed by atoms with Gasteiger partial charge in [0, 0.05) is 25.7 Å². The molecule has 1 N–H and O–H groups in total. The highest BCUT2D eigenvalue weighted by atomic mass is 16.5. The maximum Gasteiger partial charge on any atom is 0.225 e. The first kappa shape index (κ1) is 17.5. The number of pyridine rings is 1. The Kier molecular flexibility index (Phi) is 5.05. The van der Waals surface area contributed by atoms with E-state index in [1.807, 2.05) is 30.3 Å². The fourth-order valence-electron chi connectivity index (χ4n) is 3.65. The van der Waals surface area contributed by atoms with Crippen LogP contribution in [0.2, 0.25) is 0 Å². The molecule has 0 bridgehead atoms. The molecule has 2 aromatic rings. The summed E-state index contributed by atoms with van der Waals surface area (Å²) in [6, 6.07) is 11.7. The van der Waals surface area contributed by atoms with Gasteiger partial charge in [0.25, 0.3) is 0 Å². The smallest absolute Gasteiger partial charge is 0.225 e. The molecule has 0 saturated carbocycles. The van der Waals surface area contributed by atoms with E-state index in [0.717, 1.165) is 36.5 Å². The normalized spacial score (nSPS) is 18.7. The predicted molar refractivity (Wildman–Crippen MR) is 99.9 cm³/mol. The first-order chi connectivity index (χ1) is 13.2. The number of aromatic nitrogens is 1. The summed E-state index contributed by atoms with van der Waals surface area (Å²) >= 11 is 0. The van der Waals surface area contributed by atoms with Gasteiger partial charge in [-0.25, -0.2) is 0 Å². The zero-order valence-corrected chi connectivity index (χ0v) is 15.2. The van der Waals surface area contributed by atoms with E-state index in [1.165, 1.54) is 5.56 Å². The van der Waals surface area contributed by atoms with E-state index in [1.54, 1.807) is 11.1 Å². The quantitative estimate of drug-likeness (QED) is 0.881. The summed E-state index contributed by atoms with van der Waals surface area (Å²) in [5.74, 6) is 0.581. The summed E-state index contributed by atoms with van der Waals surface area (Å²) in [6.45, 7) is 2.14. The number of carbonyl (C=O) groups excluding carboxylic acids is 2. The van der Waals surface area contributed by atoms with Crippen molar-refractivity contribution in [2.75, 3.05) is 13.2 Å². The van der Waals surface area contributed by atoms with Crippen molar-refractivity contribution in [2.45, 2.75) is 32.4 Å².